The second kappa shape index (κ2) is 5.71. The van der Waals surface area contributed by atoms with Crippen LogP contribution in [-0.2, 0) is 16.6 Å². The molecule has 0 unspecified atom stereocenters. The molecular weight excluding hydrogens is 290 g/mol. The minimum Gasteiger partial charge on any atom is -0.468 e. The van der Waals surface area contributed by atoms with Crippen LogP contribution in [0.15, 0.2) is 57.0 Å². The molecular formula is C14H15N3O3S. The molecule has 7 heteroatoms. The SMILES string of the molecule is O=S1(=O)c2ccccc2N=CN1CCNCc1ccco1. The summed E-state index contributed by atoms with van der Waals surface area (Å²) >= 11 is 0. The summed E-state index contributed by atoms with van der Waals surface area (Å²) in [6.45, 7) is 1.39. The van der Waals surface area contributed by atoms with Gasteiger partial charge in [0.25, 0.3) is 10.0 Å². The number of aliphatic imine (C=N–C) groups is 1. The van der Waals surface area contributed by atoms with Gasteiger partial charge >= 0.3 is 0 Å². The number of para-hydroxylation sites is 1. The van der Waals surface area contributed by atoms with E-state index in [1.54, 1.807) is 30.5 Å². The molecule has 21 heavy (non-hydrogen) atoms. The first-order valence-electron chi connectivity index (χ1n) is 6.56. The fourth-order valence-electron chi connectivity index (χ4n) is 2.09. The first-order valence-corrected chi connectivity index (χ1v) is 8.00. The molecule has 1 aromatic carbocycles. The van der Waals surface area contributed by atoms with E-state index in [9.17, 15) is 8.42 Å². The Morgan fingerprint density at radius 2 is 2.05 bits per heavy atom. The minimum atomic E-state index is -3.50. The van der Waals surface area contributed by atoms with Crippen LogP contribution in [0.25, 0.3) is 0 Å². The Balaban J connectivity index is 1.62. The minimum absolute atomic E-state index is 0.249. The summed E-state index contributed by atoms with van der Waals surface area (Å²) in [5.74, 6) is 0.815. The predicted octanol–water partition coefficient (Wildman–Crippen LogP) is 1.73. The summed E-state index contributed by atoms with van der Waals surface area (Å²) in [5.41, 5.74) is 0.484. The molecule has 3 rings (SSSR count). The molecule has 110 valence electrons. The van der Waals surface area contributed by atoms with Gasteiger partial charge in [0.2, 0.25) is 0 Å². The van der Waals surface area contributed by atoms with Crippen LogP contribution in [0.2, 0.25) is 0 Å². The van der Waals surface area contributed by atoms with Gasteiger partial charge in [-0.2, -0.15) is 0 Å². The van der Waals surface area contributed by atoms with Crippen LogP contribution in [0, 0.1) is 0 Å². The van der Waals surface area contributed by atoms with Crippen molar-refractivity contribution in [1.82, 2.24) is 9.62 Å². The van der Waals surface area contributed by atoms with Gasteiger partial charge in [-0.15, -0.1) is 0 Å². The van der Waals surface area contributed by atoms with E-state index in [2.05, 4.69) is 10.3 Å². The average molecular weight is 305 g/mol. The van der Waals surface area contributed by atoms with Crippen LogP contribution in [-0.4, -0.2) is 32.2 Å². The van der Waals surface area contributed by atoms with Crippen LogP contribution in [0.5, 0.6) is 0 Å². The number of hydrogen-bond acceptors (Lipinski definition) is 5. The summed E-state index contributed by atoms with van der Waals surface area (Å²) in [6, 6.07) is 10.4. The van der Waals surface area contributed by atoms with Gasteiger partial charge in [-0.25, -0.2) is 13.4 Å². The number of sulfonamides is 1. The highest BCUT2D eigenvalue weighted by atomic mass is 32.2. The highest BCUT2D eigenvalue weighted by Gasteiger charge is 2.27. The highest BCUT2D eigenvalue weighted by molar-refractivity contribution is 7.89. The van der Waals surface area contributed by atoms with Gasteiger partial charge < -0.3 is 9.73 Å². The molecule has 0 saturated heterocycles. The molecule has 0 atom stereocenters. The molecule has 0 aliphatic carbocycles. The summed E-state index contributed by atoms with van der Waals surface area (Å²) in [7, 11) is -3.50. The molecule has 1 aromatic heterocycles. The molecule has 1 aliphatic heterocycles. The first-order chi connectivity index (χ1) is 10.2. The van der Waals surface area contributed by atoms with Crippen molar-refractivity contribution in [3.05, 3.63) is 48.4 Å². The van der Waals surface area contributed by atoms with Gasteiger partial charge in [0.05, 0.1) is 18.5 Å². The molecule has 2 heterocycles. The predicted molar refractivity (Wildman–Crippen MR) is 78.9 cm³/mol. The third kappa shape index (κ3) is 2.84. The van der Waals surface area contributed by atoms with Crippen molar-refractivity contribution < 1.29 is 12.8 Å². The zero-order chi connectivity index (χ0) is 14.7. The molecule has 2 aromatic rings. The molecule has 0 fully saturated rings. The number of rotatable bonds is 5. The lowest BCUT2D eigenvalue weighted by atomic mass is 10.3. The fourth-order valence-corrected chi connectivity index (χ4v) is 3.48. The van der Waals surface area contributed by atoms with E-state index in [1.807, 2.05) is 12.1 Å². The zero-order valence-electron chi connectivity index (χ0n) is 11.3. The number of benzene rings is 1. The van der Waals surface area contributed by atoms with Crippen LogP contribution >= 0.6 is 0 Å². The molecule has 1 N–H and O–H groups in total. The summed E-state index contributed by atoms with van der Waals surface area (Å²) in [4.78, 5) is 4.42. The second-order valence-electron chi connectivity index (χ2n) is 4.58. The van der Waals surface area contributed by atoms with Gasteiger partial charge in [0, 0.05) is 13.1 Å². The van der Waals surface area contributed by atoms with Gasteiger partial charge in [0.15, 0.2) is 0 Å². The molecule has 1 aliphatic rings. The molecule has 0 saturated carbocycles. The smallest absolute Gasteiger partial charge is 0.267 e. The average Bonchev–Trinajstić information content (AvgIpc) is 2.99. The summed E-state index contributed by atoms with van der Waals surface area (Å²) in [5, 5.41) is 3.14. The lowest BCUT2D eigenvalue weighted by Crippen LogP contribution is -2.37. The van der Waals surface area contributed by atoms with Crippen LogP contribution in [0.3, 0.4) is 0 Å². The van der Waals surface area contributed by atoms with Crippen molar-refractivity contribution in [3.8, 4) is 0 Å². The van der Waals surface area contributed by atoms with Gasteiger partial charge in [0.1, 0.15) is 17.0 Å². The Bertz CT molecular complexity index is 739. The van der Waals surface area contributed by atoms with E-state index < -0.39 is 10.0 Å². The molecule has 0 bridgehead atoms. The normalized spacial score (nSPS) is 15.9. The van der Waals surface area contributed by atoms with E-state index in [0.29, 0.717) is 25.3 Å². The third-order valence-electron chi connectivity index (χ3n) is 3.17. The Morgan fingerprint density at radius 1 is 1.19 bits per heavy atom. The maximum absolute atomic E-state index is 12.4. The maximum atomic E-state index is 12.4. The first kappa shape index (κ1) is 13.8. The van der Waals surface area contributed by atoms with Crippen molar-refractivity contribution in [3.63, 3.8) is 0 Å². The Kier molecular flexibility index (Phi) is 3.76. The number of hydrogen-bond donors (Lipinski definition) is 1. The molecule has 0 amide bonds. The van der Waals surface area contributed by atoms with E-state index in [1.165, 1.54) is 10.6 Å². The molecule has 0 spiro atoms. The maximum Gasteiger partial charge on any atom is 0.267 e. The van der Waals surface area contributed by atoms with Crippen LogP contribution in [0.4, 0.5) is 5.69 Å². The van der Waals surface area contributed by atoms with E-state index in [4.69, 9.17) is 4.42 Å². The van der Waals surface area contributed by atoms with E-state index in [0.717, 1.165) is 5.76 Å². The third-order valence-corrected chi connectivity index (χ3v) is 4.96. The van der Waals surface area contributed by atoms with Crippen molar-refractivity contribution >= 4 is 22.0 Å². The number of fused-ring (bicyclic) bond motifs is 1. The fraction of sp³-hybridized carbons (Fsp3) is 0.214. The van der Waals surface area contributed by atoms with E-state index >= 15 is 0 Å². The standard InChI is InChI=1S/C14H15N3O3S/c18-21(19)14-6-2-1-5-13(14)16-11-17(21)8-7-15-10-12-4-3-9-20-12/h1-6,9,11,15H,7-8,10H2. The van der Waals surface area contributed by atoms with Gasteiger partial charge in [-0.1, -0.05) is 12.1 Å². The summed E-state index contributed by atoms with van der Waals surface area (Å²) in [6.07, 6.45) is 2.97. The lowest BCUT2D eigenvalue weighted by Gasteiger charge is -2.23. The second-order valence-corrected chi connectivity index (χ2v) is 6.44. The number of nitrogens with zero attached hydrogens (tertiary/aromatic N) is 2. The van der Waals surface area contributed by atoms with Crippen molar-refractivity contribution in [2.75, 3.05) is 13.1 Å². The highest BCUT2D eigenvalue weighted by Crippen LogP contribution is 2.29. The Morgan fingerprint density at radius 3 is 2.86 bits per heavy atom. The van der Waals surface area contributed by atoms with Crippen molar-refractivity contribution in [2.45, 2.75) is 11.4 Å². The van der Waals surface area contributed by atoms with Crippen molar-refractivity contribution in [2.24, 2.45) is 4.99 Å². The summed E-state index contributed by atoms with van der Waals surface area (Å²) < 4.78 is 31.3. The lowest BCUT2D eigenvalue weighted by molar-refractivity contribution is 0.469. The Labute approximate surface area is 123 Å². The van der Waals surface area contributed by atoms with E-state index in [-0.39, 0.29) is 4.90 Å². The number of furan rings is 1. The molecule has 0 radical (unpaired) electrons. The van der Waals surface area contributed by atoms with Gasteiger partial charge in [-0.3, -0.25) is 4.31 Å². The topological polar surface area (TPSA) is 74.9 Å². The Hall–Kier alpha value is -2.12. The largest absolute Gasteiger partial charge is 0.468 e. The number of nitrogens with one attached hydrogen (secondary N) is 1. The monoisotopic (exact) mass is 305 g/mol. The van der Waals surface area contributed by atoms with Gasteiger partial charge in [-0.05, 0) is 24.3 Å². The van der Waals surface area contributed by atoms with Crippen LogP contribution in [0.1, 0.15) is 5.76 Å². The quantitative estimate of drug-likeness (QED) is 0.854. The van der Waals surface area contributed by atoms with Crippen molar-refractivity contribution in [1.29, 1.82) is 0 Å². The molecule has 6 nitrogen and oxygen atoms in total. The zero-order valence-corrected chi connectivity index (χ0v) is 12.1. The van der Waals surface area contributed by atoms with Crippen LogP contribution < -0.4 is 5.32 Å².